The van der Waals surface area contributed by atoms with Crippen LogP contribution in [-0.2, 0) is 0 Å². The Labute approximate surface area is 118 Å². The Kier molecular flexibility index (Phi) is 4.55. The molecule has 1 saturated heterocycles. The fraction of sp³-hybridized carbons (Fsp3) is 0.538. The minimum Gasteiger partial charge on any atom is -0.314 e. The van der Waals surface area contributed by atoms with Crippen molar-refractivity contribution < 1.29 is 4.79 Å². The number of amides is 2. The maximum Gasteiger partial charge on any atom is 0.327 e. The van der Waals surface area contributed by atoms with Crippen molar-refractivity contribution in [1.82, 2.24) is 14.2 Å². The predicted molar refractivity (Wildman–Crippen MR) is 78.4 cm³/mol. The number of carbonyl (C=O) groups excluding carboxylic acids is 1. The summed E-state index contributed by atoms with van der Waals surface area (Å²) in [6.07, 6.45) is 4.01. The Balaban J connectivity index is 2.04. The number of nitrogens with zero attached hydrogens (tertiary/aromatic N) is 4. The third kappa shape index (κ3) is 3.33. The normalized spacial score (nSPS) is 17.1. The van der Waals surface area contributed by atoms with Crippen LogP contribution in [0.4, 0.5) is 9.80 Å². The molecule has 0 saturated carbocycles. The van der Waals surface area contributed by atoms with Gasteiger partial charge in [0.15, 0.2) is 0 Å². The third-order valence-electron chi connectivity index (χ3n) is 3.08. The lowest BCUT2D eigenvalue weighted by Gasteiger charge is -2.39. The van der Waals surface area contributed by atoms with E-state index in [0.29, 0.717) is 13.3 Å². The summed E-state index contributed by atoms with van der Waals surface area (Å²) in [5, 5.41) is 0.919. The van der Waals surface area contributed by atoms with E-state index in [1.165, 1.54) is 11.5 Å². The number of aryl methyl sites for hydroxylation is 1. The van der Waals surface area contributed by atoms with Crippen molar-refractivity contribution in [3.63, 3.8) is 0 Å². The number of rotatable bonds is 5. The van der Waals surface area contributed by atoms with Crippen LogP contribution < -0.4 is 4.90 Å². The lowest BCUT2D eigenvalue weighted by molar-refractivity contribution is 0.130. The average molecular weight is 280 g/mol. The second-order valence-electron chi connectivity index (χ2n) is 4.82. The Hall–Kier alpha value is -1.40. The van der Waals surface area contributed by atoms with E-state index < -0.39 is 0 Å². The van der Waals surface area contributed by atoms with E-state index in [4.69, 9.17) is 0 Å². The molecule has 0 unspecified atom stereocenters. The molecule has 19 heavy (non-hydrogen) atoms. The molecule has 1 fully saturated rings. The van der Waals surface area contributed by atoms with Gasteiger partial charge in [-0.1, -0.05) is 6.08 Å². The van der Waals surface area contributed by atoms with Gasteiger partial charge in [0.25, 0.3) is 0 Å². The molecule has 2 rings (SSSR count). The summed E-state index contributed by atoms with van der Waals surface area (Å²) in [5.74, 6) is 0. The van der Waals surface area contributed by atoms with E-state index in [1.54, 1.807) is 9.80 Å². The lowest BCUT2D eigenvalue weighted by atomic mass is 10.3. The molecular weight excluding hydrogens is 260 g/mol. The molecule has 5 nitrogen and oxygen atoms in total. The van der Waals surface area contributed by atoms with Gasteiger partial charge in [-0.2, -0.15) is 4.37 Å². The van der Waals surface area contributed by atoms with Crippen LogP contribution in [0.3, 0.4) is 0 Å². The van der Waals surface area contributed by atoms with E-state index >= 15 is 0 Å². The number of anilines is 1. The number of aromatic nitrogens is 1. The predicted octanol–water partition coefficient (Wildman–Crippen LogP) is 2.51. The zero-order chi connectivity index (χ0) is 13.8. The standard InChI is InChI=1S/C13H20N4OS/c1-4-5-6-7-16-9-15(3)13(18)17(10-16)12-8-11(2)14-19-12/h4,8H,1,5-7,9-10H2,2-3H3. The topological polar surface area (TPSA) is 39.7 Å². The van der Waals surface area contributed by atoms with E-state index in [-0.39, 0.29) is 6.03 Å². The van der Waals surface area contributed by atoms with E-state index in [2.05, 4.69) is 15.9 Å². The SMILES string of the molecule is C=CCCCN1CN(C)C(=O)N(c2cc(C)ns2)C1. The van der Waals surface area contributed by atoms with Crippen LogP contribution in [0, 0.1) is 6.92 Å². The minimum absolute atomic E-state index is 0.0450. The second kappa shape index (κ2) is 6.16. The zero-order valence-corrected chi connectivity index (χ0v) is 12.3. The Morgan fingerprint density at radius 3 is 2.95 bits per heavy atom. The van der Waals surface area contributed by atoms with Gasteiger partial charge in [0.1, 0.15) is 5.00 Å². The quantitative estimate of drug-likeness (QED) is 0.614. The summed E-state index contributed by atoms with van der Waals surface area (Å²) in [5.41, 5.74) is 0.958. The molecule has 0 aromatic carbocycles. The summed E-state index contributed by atoms with van der Waals surface area (Å²) in [6.45, 7) is 7.98. The molecule has 0 N–H and O–H groups in total. The van der Waals surface area contributed by atoms with Gasteiger partial charge < -0.3 is 4.90 Å². The van der Waals surface area contributed by atoms with E-state index in [1.807, 2.05) is 26.1 Å². The van der Waals surface area contributed by atoms with Crippen molar-refractivity contribution >= 4 is 22.6 Å². The Morgan fingerprint density at radius 2 is 2.32 bits per heavy atom. The molecule has 0 atom stereocenters. The van der Waals surface area contributed by atoms with Crippen molar-refractivity contribution in [1.29, 1.82) is 0 Å². The van der Waals surface area contributed by atoms with E-state index in [0.717, 1.165) is 30.1 Å². The molecule has 2 amide bonds. The minimum atomic E-state index is 0.0450. The van der Waals surface area contributed by atoms with Gasteiger partial charge in [-0.25, -0.2) is 4.79 Å². The van der Waals surface area contributed by atoms with Gasteiger partial charge in [-0.3, -0.25) is 9.80 Å². The first-order chi connectivity index (χ1) is 9.11. The fourth-order valence-electron chi connectivity index (χ4n) is 2.11. The van der Waals surface area contributed by atoms with Gasteiger partial charge in [-0.15, -0.1) is 6.58 Å². The van der Waals surface area contributed by atoms with Crippen molar-refractivity contribution in [2.24, 2.45) is 0 Å². The number of urea groups is 1. The molecule has 0 radical (unpaired) electrons. The first-order valence-electron chi connectivity index (χ1n) is 6.41. The van der Waals surface area contributed by atoms with Crippen LogP contribution in [0.15, 0.2) is 18.7 Å². The molecular formula is C13H20N4OS. The van der Waals surface area contributed by atoms with Crippen molar-refractivity contribution in [2.75, 3.05) is 31.8 Å². The average Bonchev–Trinajstić information content (AvgIpc) is 2.80. The summed E-state index contributed by atoms with van der Waals surface area (Å²) >= 11 is 1.38. The molecule has 0 bridgehead atoms. The fourth-order valence-corrected chi connectivity index (χ4v) is 2.86. The third-order valence-corrected chi connectivity index (χ3v) is 3.98. The molecule has 1 aliphatic rings. The molecule has 2 heterocycles. The summed E-state index contributed by atoms with van der Waals surface area (Å²) < 4.78 is 4.25. The summed E-state index contributed by atoms with van der Waals surface area (Å²) in [7, 11) is 1.84. The maximum atomic E-state index is 12.2. The molecule has 1 aliphatic heterocycles. The van der Waals surface area contributed by atoms with Crippen LogP contribution in [0.5, 0.6) is 0 Å². The first-order valence-corrected chi connectivity index (χ1v) is 7.18. The lowest BCUT2D eigenvalue weighted by Crippen LogP contribution is -2.56. The number of carbonyl (C=O) groups is 1. The van der Waals surface area contributed by atoms with Crippen LogP contribution in [0.2, 0.25) is 0 Å². The molecule has 1 aromatic heterocycles. The molecule has 0 spiro atoms. The summed E-state index contributed by atoms with van der Waals surface area (Å²) in [4.78, 5) is 18.0. The smallest absolute Gasteiger partial charge is 0.314 e. The molecule has 1 aromatic rings. The Bertz CT molecular complexity index is 459. The zero-order valence-electron chi connectivity index (χ0n) is 11.5. The number of allylic oxidation sites excluding steroid dienone is 1. The molecule has 104 valence electrons. The molecule has 6 heteroatoms. The van der Waals surface area contributed by atoms with Gasteiger partial charge in [0.2, 0.25) is 0 Å². The maximum absolute atomic E-state index is 12.2. The van der Waals surface area contributed by atoms with Crippen LogP contribution in [0.1, 0.15) is 18.5 Å². The highest BCUT2D eigenvalue weighted by Gasteiger charge is 2.29. The van der Waals surface area contributed by atoms with Crippen LogP contribution >= 0.6 is 11.5 Å². The van der Waals surface area contributed by atoms with Gasteiger partial charge >= 0.3 is 6.03 Å². The van der Waals surface area contributed by atoms with Gasteiger partial charge in [0.05, 0.1) is 19.0 Å². The van der Waals surface area contributed by atoms with Gasteiger partial charge in [0, 0.05) is 13.6 Å². The first kappa shape index (κ1) is 14.0. The molecule has 0 aliphatic carbocycles. The van der Waals surface area contributed by atoms with E-state index in [9.17, 15) is 4.79 Å². The van der Waals surface area contributed by atoms with Crippen molar-refractivity contribution in [3.05, 3.63) is 24.4 Å². The highest BCUT2D eigenvalue weighted by atomic mass is 32.1. The number of hydrogen-bond donors (Lipinski definition) is 0. The monoisotopic (exact) mass is 280 g/mol. The van der Waals surface area contributed by atoms with Crippen molar-refractivity contribution in [3.8, 4) is 0 Å². The highest BCUT2D eigenvalue weighted by molar-refractivity contribution is 7.10. The van der Waals surface area contributed by atoms with Crippen LogP contribution in [-0.4, -0.2) is 47.1 Å². The highest BCUT2D eigenvalue weighted by Crippen LogP contribution is 2.25. The number of unbranched alkanes of at least 4 members (excludes halogenated alkanes) is 1. The largest absolute Gasteiger partial charge is 0.327 e. The number of hydrogen-bond acceptors (Lipinski definition) is 4. The second-order valence-corrected chi connectivity index (χ2v) is 5.61. The van der Waals surface area contributed by atoms with Crippen molar-refractivity contribution in [2.45, 2.75) is 19.8 Å². The summed E-state index contributed by atoms with van der Waals surface area (Å²) in [6, 6.07) is 2.01. The van der Waals surface area contributed by atoms with Crippen LogP contribution in [0.25, 0.3) is 0 Å². The Morgan fingerprint density at radius 1 is 1.53 bits per heavy atom. The van der Waals surface area contributed by atoms with Gasteiger partial charge in [-0.05, 0) is 37.4 Å².